The number of carbonyl (C=O) groups excluding carboxylic acids is 1. The summed E-state index contributed by atoms with van der Waals surface area (Å²) < 4.78 is 31.3. The summed E-state index contributed by atoms with van der Waals surface area (Å²) in [7, 11) is 0. The van der Waals surface area contributed by atoms with Crippen LogP contribution in [0.3, 0.4) is 0 Å². The first kappa shape index (κ1) is 14.4. The Kier molecular flexibility index (Phi) is 3.99. The van der Waals surface area contributed by atoms with Crippen molar-refractivity contribution in [1.29, 1.82) is 0 Å². The molecule has 0 fully saturated rings. The van der Waals surface area contributed by atoms with Crippen LogP contribution in [0.2, 0.25) is 5.02 Å². The Balaban J connectivity index is 2.21. The minimum atomic E-state index is -3.01. The highest BCUT2D eigenvalue weighted by Gasteiger charge is 2.25. The van der Waals surface area contributed by atoms with Crippen LogP contribution in [-0.4, -0.2) is 11.0 Å². The zero-order valence-electron chi connectivity index (χ0n) is 10.4. The number of nitrogens with zero attached hydrogens (tertiary/aromatic N) is 1. The van der Waals surface area contributed by atoms with E-state index in [1.807, 2.05) is 0 Å². The number of benzene rings is 1. The molecule has 0 aliphatic heterocycles. The van der Waals surface area contributed by atoms with Gasteiger partial charge in [0.15, 0.2) is 0 Å². The molecule has 1 aromatic carbocycles. The van der Waals surface area contributed by atoms with Crippen LogP contribution in [-0.2, 0) is 5.92 Å². The number of hydrogen-bond donors (Lipinski definition) is 0. The van der Waals surface area contributed by atoms with Crippen molar-refractivity contribution in [3.05, 3.63) is 58.9 Å². The van der Waals surface area contributed by atoms with Gasteiger partial charge in [-0.1, -0.05) is 17.7 Å². The quantitative estimate of drug-likeness (QED) is 0.633. The number of aromatic nitrogens is 1. The highest BCUT2D eigenvalue weighted by atomic mass is 35.5. The summed E-state index contributed by atoms with van der Waals surface area (Å²) in [4.78, 5) is 15.6. The molecule has 3 nitrogen and oxygen atoms in total. The Labute approximate surface area is 119 Å². The molecule has 0 N–H and O–H groups in total. The van der Waals surface area contributed by atoms with Crippen LogP contribution < -0.4 is 4.74 Å². The summed E-state index contributed by atoms with van der Waals surface area (Å²) in [6.07, 6.45) is 1.44. The first-order chi connectivity index (χ1) is 9.38. The minimum absolute atomic E-state index is 0.00956. The lowest BCUT2D eigenvalue weighted by Crippen LogP contribution is -2.11. The van der Waals surface area contributed by atoms with Gasteiger partial charge in [-0.25, -0.2) is 18.6 Å². The fraction of sp³-hybridized carbons (Fsp3) is 0.143. The third-order valence-corrected chi connectivity index (χ3v) is 2.81. The van der Waals surface area contributed by atoms with Gasteiger partial charge in [-0.15, -0.1) is 0 Å². The predicted octanol–water partition coefficient (Wildman–Crippen LogP) is 4.07. The number of alkyl halides is 2. The summed E-state index contributed by atoms with van der Waals surface area (Å²) in [6, 6.07) is 8.23. The van der Waals surface area contributed by atoms with Gasteiger partial charge >= 0.3 is 5.97 Å². The Morgan fingerprint density at radius 2 is 2.05 bits per heavy atom. The molecule has 1 aromatic heterocycles. The Bertz CT molecular complexity index is 627. The molecule has 0 unspecified atom stereocenters. The molecule has 6 heteroatoms. The molecule has 0 saturated carbocycles. The number of esters is 1. The van der Waals surface area contributed by atoms with E-state index in [1.54, 1.807) is 12.1 Å². The highest BCUT2D eigenvalue weighted by molar-refractivity contribution is 6.32. The van der Waals surface area contributed by atoms with Crippen LogP contribution in [0.25, 0.3) is 0 Å². The van der Waals surface area contributed by atoms with Crippen LogP contribution in [0.5, 0.6) is 5.75 Å². The van der Waals surface area contributed by atoms with E-state index < -0.39 is 11.9 Å². The van der Waals surface area contributed by atoms with E-state index in [1.165, 1.54) is 18.3 Å². The van der Waals surface area contributed by atoms with Gasteiger partial charge in [0, 0.05) is 18.7 Å². The standard InChI is InChI=1S/C14H10ClF2NO2/c1-14(16,17)9-5-6-12(10(15)8-9)20-13(19)11-4-2-3-7-18-11/h2-8H,1H3. The van der Waals surface area contributed by atoms with Crippen LogP contribution in [0.4, 0.5) is 8.78 Å². The van der Waals surface area contributed by atoms with Crippen molar-refractivity contribution in [1.82, 2.24) is 4.98 Å². The van der Waals surface area contributed by atoms with Crippen LogP contribution in [0.15, 0.2) is 42.6 Å². The van der Waals surface area contributed by atoms with Crippen molar-refractivity contribution in [3.63, 3.8) is 0 Å². The maximum Gasteiger partial charge on any atom is 0.362 e. The molecule has 0 spiro atoms. The molecule has 0 saturated heterocycles. The molecule has 0 atom stereocenters. The maximum atomic E-state index is 13.1. The molecule has 2 aromatic rings. The highest BCUT2D eigenvalue weighted by Crippen LogP contribution is 2.33. The van der Waals surface area contributed by atoms with Gasteiger partial charge in [-0.3, -0.25) is 0 Å². The summed E-state index contributed by atoms with van der Waals surface area (Å²) >= 11 is 5.84. The lowest BCUT2D eigenvalue weighted by Gasteiger charge is -2.12. The molecular formula is C14H10ClF2NO2. The molecule has 0 aliphatic carbocycles. The third-order valence-electron chi connectivity index (χ3n) is 2.52. The van der Waals surface area contributed by atoms with E-state index >= 15 is 0 Å². The minimum Gasteiger partial charge on any atom is -0.420 e. The van der Waals surface area contributed by atoms with Gasteiger partial charge in [-0.2, -0.15) is 0 Å². The van der Waals surface area contributed by atoms with Crippen LogP contribution >= 0.6 is 11.6 Å². The maximum absolute atomic E-state index is 13.1. The average molecular weight is 298 g/mol. The van der Waals surface area contributed by atoms with Gasteiger partial charge in [0.1, 0.15) is 11.4 Å². The molecule has 0 bridgehead atoms. The fourth-order valence-corrected chi connectivity index (χ4v) is 1.71. The van der Waals surface area contributed by atoms with Gasteiger partial charge in [0.25, 0.3) is 5.92 Å². The van der Waals surface area contributed by atoms with Gasteiger partial charge in [-0.05, 0) is 30.3 Å². The molecule has 0 amide bonds. The third kappa shape index (κ3) is 3.30. The topological polar surface area (TPSA) is 39.2 Å². The lowest BCUT2D eigenvalue weighted by molar-refractivity contribution is 0.0174. The number of rotatable bonds is 3. The van der Waals surface area contributed by atoms with E-state index in [-0.39, 0.29) is 22.0 Å². The largest absolute Gasteiger partial charge is 0.420 e. The van der Waals surface area contributed by atoms with Crippen molar-refractivity contribution < 1.29 is 18.3 Å². The Morgan fingerprint density at radius 1 is 1.30 bits per heavy atom. The molecule has 2 rings (SSSR count). The summed E-state index contributed by atoms with van der Waals surface area (Å²) in [5.41, 5.74) is -0.145. The average Bonchev–Trinajstić information content (AvgIpc) is 2.41. The summed E-state index contributed by atoms with van der Waals surface area (Å²) in [6.45, 7) is 0.762. The van der Waals surface area contributed by atoms with Crippen LogP contribution in [0, 0.1) is 0 Å². The van der Waals surface area contributed by atoms with E-state index in [0.717, 1.165) is 19.1 Å². The predicted molar refractivity (Wildman–Crippen MR) is 70.2 cm³/mol. The normalized spacial score (nSPS) is 11.2. The second kappa shape index (κ2) is 5.54. The number of halogens is 3. The first-order valence-corrected chi connectivity index (χ1v) is 6.07. The van der Waals surface area contributed by atoms with Gasteiger partial charge in [0.2, 0.25) is 0 Å². The van der Waals surface area contributed by atoms with Gasteiger partial charge in [0.05, 0.1) is 5.02 Å². The van der Waals surface area contributed by atoms with Crippen molar-refractivity contribution >= 4 is 17.6 Å². The molecule has 1 heterocycles. The van der Waals surface area contributed by atoms with Crippen molar-refractivity contribution in [2.75, 3.05) is 0 Å². The summed E-state index contributed by atoms with van der Waals surface area (Å²) in [5, 5.41) is -0.0618. The molecule has 0 radical (unpaired) electrons. The van der Waals surface area contributed by atoms with E-state index in [0.29, 0.717) is 0 Å². The molecule has 104 valence electrons. The number of carbonyl (C=O) groups is 1. The van der Waals surface area contributed by atoms with E-state index in [4.69, 9.17) is 16.3 Å². The Morgan fingerprint density at radius 3 is 2.60 bits per heavy atom. The van der Waals surface area contributed by atoms with Crippen molar-refractivity contribution in [2.45, 2.75) is 12.8 Å². The first-order valence-electron chi connectivity index (χ1n) is 5.69. The molecule has 0 aliphatic rings. The van der Waals surface area contributed by atoms with Crippen molar-refractivity contribution in [2.24, 2.45) is 0 Å². The van der Waals surface area contributed by atoms with E-state index in [9.17, 15) is 13.6 Å². The SMILES string of the molecule is CC(F)(F)c1ccc(OC(=O)c2ccccn2)c(Cl)c1. The fourth-order valence-electron chi connectivity index (χ4n) is 1.49. The number of pyridine rings is 1. The lowest BCUT2D eigenvalue weighted by atomic mass is 10.1. The summed E-state index contributed by atoms with van der Waals surface area (Å²) in [5.74, 6) is -3.70. The van der Waals surface area contributed by atoms with Gasteiger partial charge < -0.3 is 4.74 Å². The zero-order valence-corrected chi connectivity index (χ0v) is 11.2. The molecule has 20 heavy (non-hydrogen) atoms. The smallest absolute Gasteiger partial charge is 0.362 e. The van der Waals surface area contributed by atoms with Crippen molar-refractivity contribution in [3.8, 4) is 5.75 Å². The second-order valence-electron chi connectivity index (χ2n) is 4.14. The Hall–Kier alpha value is -2.01. The van der Waals surface area contributed by atoms with E-state index in [2.05, 4.69) is 4.98 Å². The molecular weight excluding hydrogens is 288 g/mol. The monoisotopic (exact) mass is 297 g/mol. The zero-order chi connectivity index (χ0) is 14.8. The number of ether oxygens (including phenoxy) is 1. The number of hydrogen-bond acceptors (Lipinski definition) is 3. The van der Waals surface area contributed by atoms with Crippen LogP contribution in [0.1, 0.15) is 23.0 Å². The second-order valence-corrected chi connectivity index (χ2v) is 4.55.